The van der Waals surface area contributed by atoms with E-state index >= 15 is 0 Å². The van der Waals surface area contributed by atoms with Crippen molar-refractivity contribution in [3.05, 3.63) is 93.3 Å². The molecule has 222 valence electrons. The van der Waals surface area contributed by atoms with Crippen LogP contribution in [0.15, 0.2) is 54.9 Å². The summed E-state index contributed by atoms with van der Waals surface area (Å²) in [5.41, 5.74) is 0.0949. The topological polar surface area (TPSA) is 71.8 Å². The van der Waals surface area contributed by atoms with E-state index in [1.54, 1.807) is 31.0 Å². The number of rotatable bonds is 6. The van der Waals surface area contributed by atoms with Crippen molar-refractivity contribution >= 4 is 23.2 Å². The van der Waals surface area contributed by atoms with Crippen molar-refractivity contribution in [1.29, 1.82) is 0 Å². The van der Waals surface area contributed by atoms with Gasteiger partial charge in [0.2, 0.25) is 0 Å². The lowest BCUT2D eigenvalue weighted by atomic mass is 9.86. The zero-order valence-electron chi connectivity index (χ0n) is 22.5. The minimum absolute atomic E-state index is 0.0651. The first-order valence-electron chi connectivity index (χ1n) is 13.1. The quantitative estimate of drug-likeness (QED) is 0.230. The second-order valence-corrected chi connectivity index (χ2v) is 10.6. The summed E-state index contributed by atoms with van der Waals surface area (Å²) in [6.07, 6.45) is -5.19. The molecule has 0 fully saturated rings. The van der Waals surface area contributed by atoms with E-state index in [-0.39, 0.29) is 34.3 Å². The van der Waals surface area contributed by atoms with Crippen LogP contribution in [0.25, 0.3) is 0 Å². The number of nitrogens with one attached hydrogen (secondary N) is 1. The number of anilines is 2. The van der Waals surface area contributed by atoms with E-state index in [1.165, 1.54) is 29.3 Å². The highest BCUT2D eigenvalue weighted by molar-refractivity contribution is 6.30. The van der Waals surface area contributed by atoms with E-state index in [4.69, 9.17) is 11.6 Å². The molecule has 0 saturated carbocycles. The lowest BCUT2D eigenvalue weighted by Gasteiger charge is -2.32. The molecule has 0 bridgehead atoms. The molecule has 2 atom stereocenters. The molecule has 1 aliphatic heterocycles. The number of hydrogen-bond donors (Lipinski definition) is 1. The molecule has 0 aliphatic carbocycles. The van der Waals surface area contributed by atoms with Gasteiger partial charge in [-0.1, -0.05) is 29.7 Å². The van der Waals surface area contributed by atoms with E-state index in [0.717, 1.165) is 18.2 Å². The van der Waals surface area contributed by atoms with Crippen molar-refractivity contribution in [2.24, 2.45) is 7.05 Å². The van der Waals surface area contributed by atoms with Gasteiger partial charge in [0.15, 0.2) is 0 Å². The van der Waals surface area contributed by atoms with Crippen molar-refractivity contribution in [2.75, 3.05) is 16.8 Å². The van der Waals surface area contributed by atoms with E-state index in [2.05, 4.69) is 25.7 Å². The number of nitrogens with zero attached hydrogens (tertiary/aromatic N) is 6. The molecule has 7 nitrogen and oxygen atoms in total. The van der Waals surface area contributed by atoms with Crippen molar-refractivity contribution < 1.29 is 26.3 Å². The molecule has 2 unspecified atom stereocenters. The zero-order chi connectivity index (χ0) is 30.2. The Kier molecular flexibility index (Phi) is 8.06. The van der Waals surface area contributed by atoms with Gasteiger partial charge in [0.25, 0.3) is 5.95 Å². The van der Waals surface area contributed by atoms with Gasteiger partial charge in [-0.2, -0.15) is 31.1 Å². The number of halogens is 7. The Morgan fingerprint density at radius 2 is 1.79 bits per heavy atom. The van der Waals surface area contributed by atoms with Crippen LogP contribution >= 0.6 is 11.6 Å². The van der Waals surface area contributed by atoms with E-state index < -0.39 is 35.4 Å². The largest absolute Gasteiger partial charge is 0.416 e. The van der Waals surface area contributed by atoms with Gasteiger partial charge < -0.3 is 10.2 Å². The summed E-state index contributed by atoms with van der Waals surface area (Å²) in [6, 6.07) is 8.64. The smallest absolute Gasteiger partial charge is 0.385 e. The van der Waals surface area contributed by atoms with Gasteiger partial charge in [-0.25, -0.2) is 0 Å². The van der Waals surface area contributed by atoms with Crippen LogP contribution in [0.2, 0.25) is 5.02 Å². The van der Waals surface area contributed by atoms with Gasteiger partial charge in [-0.15, -0.1) is 5.10 Å². The Morgan fingerprint density at radius 3 is 2.43 bits per heavy atom. The van der Waals surface area contributed by atoms with Gasteiger partial charge in [-0.3, -0.25) is 4.98 Å². The van der Waals surface area contributed by atoms with Crippen LogP contribution < -0.4 is 10.2 Å². The van der Waals surface area contributed by atoms with Crippen molar-refractivity contribution in [3.8, 4) is 0 Å². The maximum atomic E-state index is 14.4. The van der Waals surface area contributed by atoms with Gasteiger partial charge in [0.05, 0.1) is 24.2 Å². The minimum atomic E-state index is -4.63. The predicted molar refractivity (Wildman–Crippen MR) is 145 cm³/mol. The molecule has 42 heavy (non-hydrogen) atoms. The summed E-state index contributed by atoms with van der Waals surface area (Å²) < 4.78 is 84.0. The van der Waals surface area contributed by atoms with Gasteiger partial charge in [0, 0.05) is 42.1 Å². The molecule has 1 N–H and O–H groups in total. The molecule has 4 aromatic rings. The maximum Gasteiger partial charge on any atom is 0.416 e. The Balaban J connectivity index is 1.66. The van der Waals surface area contributed by atoms with Gasteiger partial charge >= 0.3 is 12.4 Å². The first kappa shape index (κ1) is 29.6. The van der Waals surface area contributed by atoms with Crippen LogP contribution in [-0.2, 0) is 25.9 Å². The van der Waals surface area contributed by atoms with Crippen LogP contribution in [-0.4, -0.2) is 31.7 Å². The fourth-order valence-electron chi connectivity index (χ4n) is 5.31. The molecule has 3 heterocycles. The molecule has 2 aromatic carbocycles. The number of tetrazole rings is 1. The molecule has 2 aromatic heterocycles. The molecule has 0 amide bonds. The Morgan fingerprint density at radius 1 is 1.05 bits per heavy atom. The first-order valence-corrected chi connectivity index (χ1v) is 13.4. The van der Waals surface area contributed by atoms with E-state index in [1.807, 2.05) is 0 Å². The normalized spacial score (nSPS) is 16.4. The van der Waals surface area contributed by atoms with Crippen LogP contribution in [0, 0.1) is 0 Å². The Hall–Kier alpha value is -3.87. The highest BCUT2D eigenvalue weighted by atomic mass is 35.5. The molecular formula is C28H26ClF6N7. The van der Waals surface area contributed by atoms with Crippen LogP contribution in [0.3, 0.4) is 0 Å². The van der Waals surface area contributed by atoms with E-state index in [0.29, 0.717) is 30.5 Å². The molecule has 14 heteroatoms. The number of alkyl halides is 6. The lowest BCUT2D eigenvalue weighted by molar-refractivity contribution is -0.138. The highest BCUT2D eigenvalue weighted by Crippen LogP contribution is 2.45. The molecule has 0 spiro atoms. The maximum absolute atomic E-state index is 14.4. The summed E-state index contributed by atoms with van der Waals surface area (Å²) in [5, 5.41) is 15.3. The fourth-order valence-corrected chi connectivity index (χ4v) is 5.57. The number of hydrogen-bond acceptors (Lipinski definition) is 6. The van der Waals surface area contributed by atoms with Crippen LogP contribution in [0.1, 0.15) is 65.1 Å². The molecule has 5 rings (SSSR count). The molecule has 1 aliphatic rings. The second-order valence-electron chi connectivity index (χ2n) is 10.2. The first-order chi connectivity index (χ1) is 19.8. The molecule has 0 radical (unpaired) electrons. The van der Waals surface area contributed by atoms with Crippen molar-refractivity contribution in [1.82, 2.24) is 25.2 Å². The predicted octanol–water partition coefficient (Wildman–Crippen LogP) is 7.40. The third-order valence-corrected chi connectivity index (χ3v) is 7.52. The van der Waals surface area contributed by atoms with E-state index in [9.17, 15) is 26.3 Å². The monoisotopic (exact) mass is 609 g/mol. The summed E-state index contributed by atoms with van der Waals surface area (Å²) >= 11 is 6.07. The summed E-state index contributed by atoms with van der Waals surface area (Å²) in [7, 11) is 1.54. The lowest BCUT2D eigenvalue weighted by Crippen LogP contribution is -2.30. The second kappa shape index (κ2) is 11.4. The molecular weight excluding hydrogens is 584 g/mol. The number of aryl methyl sites for hydroxylation is 1. The standard InChI is InChI=1S/C28H26ClF6N7/c1-16(18-5-8-36-9-6-18)21-13-22-24(14-23(21)28(33,34)35)37-7-3-4-25(22)42(26-38-40-41(2)39-26)15-17-10-19(27(30,31)32)12-20(29)11-17/h5-6,8-14,16,25,37H,3-4,7,15H2,1-2H3. The highest BCUT2D eigenvalue weighted by Gasteiger charge is 2.38. The number of benzene rings is 2. The average molecular weight is 610 g/mol. The number of aromatic nitrogens is 5. The third-order valence-electron chi connectivity index (χ3n) is 7.30. The van der Waals surface area contributed by atoms with Crippen LogP contribution in [0.5, 0.6) is 0 Å². The number of fused-ring (bicyclic) bond motifs is 1. The number of pyridine rings is 1. The summed E-state index contributed by atoms with van der Waals surface area (Å²) in [4.78, 5) is 6.85. The Labute approximate surface area is 242 Å². The minimum Gasteiger partial charge on any atom is -0.385 e. The fraction of sp³-hybridized carbons (Fsp3) is 0.357. The average Bonchev–Trinajstić information content (AvgIpc) is 3.25. The Bertz CT molecular complexity index is 1550. The summed E-state index contributed by atoms with van der Waals surface area (Å²) in [5.74, 6) is -0.517. The van der Waals surface area contributed by atoms with Crippen molar-refractivity contribution in [3.63, 3.8) is 0 Å². The van der Waals surface area contributed by atoms with Crippen molar-refractivity contribution in [2.45, 2.75) is 50.6 Å². The van der Waals surface area contributed by atoms with Crippen LogP contribution in [0.4, 0.5) is 38.0 Å². The van der Waals surface area contributed by atoms with Gasteiger partial charge in [0.1, 0.15) is 0 Å². The molecule has 0 saturated heterocycles. The SMILES string of the molecule is CC(c1ccncc1)c1cc2c(cc1C(F)(F)F)NCCCC2N(Cc1cc(Cl)cc(C(F)(F)F)c1)c1nnn(C)n1. The zero-order valence-corrected chi connectivity index (χ0v) is 23.3. The van der Waals surface area contributed by atoms with Gasteiger partial charge in [-0.05, 0) is 76.7 Å². The third kappa shape index (κ3) is 6.30. The summed E-state index contributed by atoms with van der Waals surface area (Å²) in [6.45, 7) is 1.99.